The smallest absolute Gasteiger partial charge is 0.254 e. The number of hydrogen-bond acceptors (Lipinski definition) is 3. The lowest BCUT2D eigenvalue weighted by Crippen LogP contribution is -2.30. The van der Waals surface area contributed by atoms with E-state index in [1.807, 2.05) is 95.9 Å². The minimum absolute atomic E-state index is 0.0766. The minimum atomic E-state index is -3.47. The van der Waals surface area contributed by atoms with Gasteiger partial charge < -0.3 is 4.90 Å². The van der Waals surface area contributed by atoms with Crippen molar-refractivity contribution in [3.05, 3.63) is 138 Å². The van der Waals surface area contributed by atoms with Crippen LogP contribution in [0.1, 0.15) is 27.0 Å². The lowest BCUT2D eigenvalue weighted by molar-refractivity contribution is 0.0730. The van der Waals surface area contributed by atoms with E-state index in [0.717, 1.165) is 16.7 Å². The molecule has 4 aromatic carbocycles. The number of rotatable bonds is 9. The van der Waals surface area contributed by atoms with Crippen molar-refractivity contribution in [2.75, 3.05) is 10.6 Å². The fraction of sp³-hybridized carbons (Fsp3) is 0.138. The first kappa shape index (κ1) is 24.2. The zero-order valence-electron chi connectivity index (χ0n) is 19.6. The number of sulfonamides is 1. The Bertz CT molecular complexity index is 1300. The molecule has 0 N–H and O–H groups in total. The highest BCUT2D eigenvalue weighted by molar-refractivity contribution is 7.92. The first-order valence-electron chi connectivity index (χ1n) is 11.4. The summed E-state index contributed by atoms with van der Waals surface area (Å²) in [5.74, 6) is -0.0766. The Morgan fingerprint density at radius 3 is 1.49 bits per heavy atom. The van der Waals surface area contributed by atoms with Gasteiger partial charge in [-0.15, -0.1) is 0 Å². The zero-order valence-corrected chi connectivity index (χ0v) is 20.4. The molecule has 4 rings (SSSR count). The van der Waals surface area contributed by atoms with E-state index in [1.165, 1.54) is 10.6 Å². The highest BCUT2D eigenvalue weighted by Crippen LogP contribution is 2.21. The molecule has 0 spiro atoms. The summed E-state index contributed by atoms with van der Waals surface area (Å²) in [5, 5.41) is 0. The molecule has 35 heavy (non-hydrogen) atoms. The number of para-hydroxylation sites is 1. The van der Waals surface area contributed by atoms with Crippen molar-refractivity contribution in [3.8, 4) is 0 Å². The highest BCUT2D eigenvalue weighted by atomic mass is 32.2. The summed E-state index contributed by atoms with van der Waals surface area (Å²) in [6.07, 6.45) is 1.20. The van der Waals surface area contributed by atoms with E-state index in [0.29, 0.717) is 24.3 Å². The summed E-state index contributed by atoms with van der Waals surface area (Å²) in [7, 11) is -3.47. The van der Waals surface area contributed by atoms with Gasteiger partial charge in [-0.3, -0.25) is 9.10 Å². The summed E-state index contributed by atoms with van der Waals surface area (Å²) in [4.78, 5) is 15.3. The Morgan fingerprint density at radius 1 is 0.600 bits per heavy atom. The SMILES string of the molecule is CS(=O)(=O)N(Cc1ccc(C(=O)N(Cc2ccccc2)Cc2ccccc2)cc1)c1ccccc1. The second-order valence-corrected chi connectivity index (χ2v) is 10.3. The van der Waals surface area contributed by atoms with Crippen molar-refractivity contribution < 1.29 is 13.2 Å². The molecule has 0 radical (unpaired) electrons. The van der Waals surface area contributed by atoms with Crippen LogP contribution in [0.15, 0.2) is 115 Å². The van der Waals surface area contributed by atoms with Crippen LogP contribution in [0.5, 0.6) is 0 Å². The molecule has 0 aliphatic heterocycles. The monoisotopic (exact) mass is 484 g/mol. The van der Waals surface area contributed by atoms with E-state index in [-0.39, 0.29) is 12.5 Å². The van der Waals surface area contributed by atoms with E-state index in [4.69, 9.17) is 0 Å². The van der Waals surface area contributed by atoms with Gasteiger partial charge in [-0.25, -0.2) is 8.42 Å². The maximum absolute atomic E-state index is 13.5. The zero-order chi connectivity index (χ0) is 24.7. The predicted molar refractivity (Wildman–Crippen MR) is 140 cm³/mol. The Labute approximate surface area is 207 Å². The van der Waals surface area contributed by atoms with Gasteiger partial charge in [0.05, 0.1) is 18.5 Å². The average Bonchev–Trinajstić information content (AvgIpc) is 2.88. The molecule has 0 saturated carbocycles. The summed E-state index contributed by atoms with van der Waals surface area (Å²) < 4.78 is 26.2. The summed E-state index contributed by atoms with van der Waals surface area (Å²) in [6.45, 7) is 1.17. The van der Waals surface area contributed by atoms with Crippen LogP contribution in [0.2, 0.25) is 0 Å². The number of carbonyl (C=O) groups excluding carboxylic acids is 1. The van der Waals surface area contributed by atoms with Crippen LogP contribution < -0.4 is 4.31 Å². The van der Waals surface area contributed by atoms with Gasteiger partial charge in [0.1, 0.15) is 0 Å². The molecule has 0 aromatic heterocycles. The van der Waals surface area contributed by atoms with Crippen LogP contribution in [-0.2, 0) is 29.7 Å². The van der Waals surface area contributed by atoms with Crippen LogP contribution in [0, 0.1) is 0 Å². The van der Waals surface area contributed by atoms with Gasteiger partial charge in [-0.1, -0.05) is 91.0 Å². The molecule has 0 atom stereocenters. The van der Waals surface area contributed by atoms with E-state index in [9.17, 15) is 13.2 Å². The molecule has 0 aliphatic rings. The maximum Gasteiger partial charge on any atom is 0.254 e. The van der Waals surface area contributed by atoms with E-state index in [2.05, 4.69) is 0 Å². The van der Waals surface area contributed by atoms with E-state index in [1.54, 1.807) is 24.3 Å². The molecule has 0 saturated heterocycles. The molecule has 0 fully saturated rings. The molecule has 0 unspecified atom stereocenters. The molecule has 1 amide bonds. The molecular weight excluding hydrogens is 456 g/mol. The molecule has 0 aliphatic carbocycles. The number of amides is 1. The number of anilines is 1. The number of benzene rings is 4. The van der Waals surface area contributed by atoms with Crippen molar-refractivity contribution in [2.45, 2.75) is 19.6 Å². The van der Waals surface area contributed by atoms with Crippen molar-refractivity contribution in [1.82, 2.24) is 4.90 Å². The van der Waals surface area contributed by atoms with Gasteiger partial charge in [-0.05, 0) is 41.0 Å². The molecular formula is C29H28N2O3S. The second kappa shape index (κ2) is 11.0. The van der Waals surface area contributed by atoms with Crippen LogP contribution in [-0.4, -0.2) is 25.5 Å². The third kappa shape index (κ3) is 6.58. The third-order valence-electron chi connectivity index (χ3n) is 5.69. The van der Waals surface area contributed by atoms with Gasteiger partial charge in [0.15, 0.2) is 0 Å². The van der Waals surface area contributed by atoms with Gasteiger partial charge in [0.25, 0.3) is 5.91 Å². The lowest BCUT2D eigenvalue weighted by Gasteiger charge is -2.24. The van der Waals surface area contributed by atoms with Gasteiger partial charge in [-0.2, -0.15) is 0 Å². The number of nitrogens with zero attached hydrogens (tertiary/aromatic N) is 2. The van der Waals surface area contributed by atoms with Gasteiger partial charge in [0.2, 0.25) is 10.0 Å². The van der Waals surface area contributed by atoms with Crippen LogP contribution >= 0.6 is 0 Å². The Kier molecular flexibility index (Phi) is 7.63. The Balaban J connectivity index is 1.55. The number of carbonyl (C=O) groups is 1. The van der Waals surface area contributed by atoms with Crippen molar-refractivity contribution in [3.63, 3.8) is 0 Å². The first-order valence-corrected chi connectivity index (χ1v) is 13.2. The van der Waals surface area contributed by atoms with E-state index >= 15 is 0 Å². The van der Waals surface area contributed by atoms with Crippen molar-refractivity contribution in [1.29, 1.82) is 0 Å². The summed E-state index contributed by atoms with van der Waals surface area (Å²) >= 11 is 0. The van der Waals surface area contributed by atoms with Crippen LogP contribution in [0.3, 0.4) is 0 Å². The molecule has 6 heteroatoms. The van der Waals surface area contributed by atoms with Crippen molar-refractivity contribution in [2.24, 2.45) is 0 Å². The number of hydrogen-bond donors (Lipinski definition) is 0. The first-order chi connectivity index (χ1) is 16.9. The topological polar surface area (TPSA) is 57.7 Å². The summed E-state index contributed by atoms with van der Waals surface area (Å²) in [6, 6.07) is 36.0. The molecule has 178 valence electrons. The minimum Gasteiger partial charge on any atom is -0.330 e. The third-order valence-corrected chi connectivity index (χ3v) is 6.83. The van der Waals surface area contributed by atoms with Crippen LogP contribution in [0.25, 0.3) is 0 Å². The lowest BCUT2D eigenvalue weighted by atomic mass is 10.1. The van der Waals surface area contributed by atoms with Gasteiger partial charge >= 0.3 is 0 Å². The maximum atomic E-state index is 13.5. The quantitative estimate of drug-likeness (QED) is 0.315. The largest absolute Gasteiger partial charge is 0.330 e. The highest BCUT2D eigenvalue weighted by Gasteiger charge is 2.19. The van der Waals surface area contributed by atoms with E-state index < -0.39 is 10.0 Å². The predicted octanol–water partition coefficient (Wildman–Crippen LogP) is 5.50. The normalized spacial score (nSPS) is 11.1. The van der Waals surface area contributed by atoms with Crippen molar-refractivity contribution >= 4 is 21.6 Å². The molecule has 0 bridgehead atoms. The Hall–Kier alpha value is -3.90. The average molecular weight is 485 g/mol. The van der Waals surface area contributed by atoms with Gasteiger partial charge in [0, 0.05) is 18.7 Å². The van der Waals surface area contributed by atoms with Crippen LogP contribution in [0.4, 0.5) is 5.69 Å². The fourth-order valence-corrected chi connectivity index (χ4v) is 4.79. The molecule has 5 nitrogen and oxygen atoms in total. The standard InChI is InChI=1S/C29H28N2O3S/c1-35(33,34)31(28-15-9-4-10-16-28)23-26-17-19-27(20-18-26)29(32)30(21-24-11-5-2-6-12-24)22-25-13-7-3-8-14-25/h2-20H,21-23H2,1H3. The summed E-state index contributed by atoms with van der Waals surface area (Å²) in [5.41, 5.74) is 4.08. The second-order valence-electron chi connectivity index (χ2n) is 8.43. The Morgan fingerprint density at radius 2 is 1.03 bits per heavy atom. The fourth-order valence-electron chi connectivity index (χ4n) is 3.90. The molecule has 4 aromatic rings. The molecule has 0 heterocycles.